The molecule has 1 N–H and O–H groups in total. The molecule has 150 valence electrons. The zero-order valence-electron chi connectivity index (χ0n) is 17.0. The monoisotopic (exact) mass is 392 g/mol. The van der Waals surface area contributed by atoms with Crippen LogP contribution in [0.15, 0.2) is 22.8 Å². The molecule has 1 saturated heterocycles. The molecule has 1 aromatic heterocycles. The van der Waals surface area contributed by atoms with Crippen molar-refractivity contribution in [3.63, 3.8) is 0 Å². The number of nitrogens with one attached hydrogen (secondary N) is 1. The molecule has 2 aromatic rings. The third-order valence-corrected chi connectivity index (χ3v) is 5.66. The summed E-state index contributed by atoms with van der Waals surface area (Å²) in [6, 6.07) is 4.31. The van der Waals surface area contributed by atoms with Gasteiger partial charge in [0.05, 0.1) is 12.7 Å². The third kappa shape index (κ3) is 5.05. The average Bonchev–Trinajstić information content (AvgIpc) is 3.01. The summed E-state index contributed by atoms with van der Waals surface area (Å²) < 4.78 is 5.74. The van der Waals surface area contributed by atoms with Crippen LogP contribution in [0.1, 0.15) is 56.2 Å². The number of carbonyl (C=O) groups excluding carboxylic acids is 1. The minimum atomic E-state index is 0. The number of halogens is 1. The summed E-state index contributed by atoms with van der Waals surface area (Å²) in [5, 5.41) is 4.51. The van der Waals surface area contributed by atoms with Gasteiger partial charge in [0.25, 0.3) is 0 Å². The molecule has 3 rings (SSSR count). The Balaban J connectivity index is 0.00000261. The third-order valence-electron chi connectivity index (χ3n) is 5.66. The van der Waals surface area contributed by atoms with Gasteiger partial charge in [0.15, 0.2) is 0 Å². The van der Waals surface area contributed by atoms with E-state index in [0.717, 1.165) is 55.6 Å². The maximum Gasteiger partial charge on any atom is 0.227 e. The summed E-state index contributed by atoms with van der Waals surface area (Å²) in [7, 11) is 0. The molecule has 0 aliphatic carbocycles. The largest absolute Gasteiger partial charge is 0.464 e. The van der Waals surface area contributed by atoms with E-state index in [1.165, 1.54) is 11.1 Å². The van der Waals surface area contributed by atoms with Crippen LogP contribution >= 0.6 is 12.4 Å². The highest BCUT2D eigenvalue weighted by Gasteiger charge is 2.23. The van der Waals surface area contributed by atoms with Gasteiger partial charge in [-0.1, -0.05) is 20.8 Å². The Morgan fingerprint density at radius 3 is 2.63 bits per heavy atom. The number of hydrogen-bond donors (Lipinski definition) is 1. The van der Waals surface area contributed by atoms with Crippen LogP contribution in [-0.2, 0) is 11.2 Å². The number of aryl methyl sites for hydroxylation is 1. The van der Waals surface area contributed by atoms with Crippen LogP contribution in [0.5, 0.6) is 0 Å². The number of amides is 1. The van der Waals surface area contributed by atoms with E-state index in [9.17, 15) is 4.79 Å². The molecule has 1 fully saturated rings. The first-order chi connectivity index (χ1) is 12.5. The molecule has 0 bridgehead atoms. The van der Waals surface area contributed by atoms with Crippen LogP contribution in [0, 0.1) is 12.8 Å². The zero-order chi connectivity index (χ0) is 18.7. The van der Waals surface area contributed by atoms with Crippen molar-refractivity contribution in [1.82, 2.24) is 10.2 Å². The number of likely N-dealkylation sites (tertiary alicyclic amines) is 1. The van der Waals surface area contributed by atoms with Gasteiger partial charge in [-0.25, -0.2) is 0 Å². The molecular formula is C22H33ClN2O2. The summed E-state index contributed by atoms with van der Waals surface area (Å²) in [6.45, 7) is 12.5. The molecule has 27 heavy (non-hydrogen) atoms. The molecule has 0 spiro atoms. The molecule has 0 saturated carbocycles. The topological polar surface area (TPSA) is 45.5 Å². The first kappa shape index (κ1) is 21.8. The van der Waals surface area contributed by atoms with Gasteiger partial charge in [0.2, 0.25) is 5.91 Å². The molecule has 0 unspecified atom stereocenters. The van der Waals surface area contributed by atoms with Gasteiger partial charge in [-0.15, -0.1) is 12.4 Å². The summed E-state index contributed by atoms with van der Waals surface area (Å²) in [6.07, 6.45) is 4.40. The number of furan rings is 1. The summed E-state index contributed by atoms with van der Waals surface area (Å²) in [5.41, 5.74) is 4.49. The molecule has 2 heterocycles. The molecule has 1 aliphatic heterocycles. The SMILES string of the molecule is CCNCC1CCN(C(=O)Cc2coc3cc(C)c(C(C)C)cc23)CC1.Cl. The van der Waals surface area contributed by atoms with Crippen molar-refractivity contribution in [2.24, 2.45) is 5.92 Å². The second-order valence-corrected chi connectivity index (χ2v) is 7.93. The van der Waals surface area contributed by atoms with Crippen molar-refractivity contribution in [1.29, 1.82) is 0 Å². The van der Waals surface area contributed by atoms with Gasteiger partial charge in [0, 0.05) is 24.0 Å². The molecular weight excluding hydrogens is 360 g/mol. The van der Waals surface area contributed by atoms with E-state index in [2.05, 4.69) is 45.1 Å². The quantitative estimate of drug-likeness (QED) is 0.776. The van der Waals surface area contributed by atoms with Crippen LogP contribution in [0.2, 0.25) is 0 Å². The van der Waals surface area contributed by atoms with E-state index < -0.39 is 0 Å². The van der Waals surface area contributed by atoms with Crippen LogP contribution in [0.4, 0.5) is 0 Å². The standard InChI is InChI=1S/C22H32N2O2.ClH/c1-5-23-13-17-6-8-24(9-7-17)22(25)11-18-14-26-21-10-16(4)19(15(2)3)12-20(18)21;/h10,12,14-15,17,23H,5-9,11,13H2,1-4H3;1H. The maximum atomic E-state index is 12.8. The van der Waals surface area contributed by atoms with Crippen molar-refractivity contribution in [3.8, 4) is 0 Å². The van der Waals surface area contributed by atoms with E-state index >= 15 is 0 Å². The van der Waals surface area contributed by atoms with E-state index in [-0.39, 0.29) is 18.3 Å². The van der Waals surface area contributed by atoms with E-state index in [1.54, 1.807) is 6.26 Å². The van der Waals surface area contributed by atoms with Gasteiger partial charge >= 0.3 is 0 Å². The Labute approximate surface area is 169 Å². The lowest BCUT2D eigenvalue weighted by Crippen LogP contribution is -2.41. The summed E-state index contributed by atoms with van der Waals surface area (Å²) in [4.78, 5) is 14.8. The van der Waals surface area contributed by atoms with Crippen molar-refractivity contribution in [2.75, 3.05) is 26.2 Å². The zero-order valence-corrected chi connectivity index (χ0v) is 17.8. The predicted molar refractivity (Wildman–Crippen MR) is 114 cm³/mol. The lowest BCUT2D eigenvalue weighted by Gasteiger charge is -2.32. The fourth-order valence-corrected chi connectivity index (χ4v) is 4.01. The van der Waals surface area contributed by atoms with Gasteiger partial charge in [-0.2, -0.15) is 0 Å². The van der Waals surface area contributed by atoms with Crippen LogP contribution in [-0.4, -0.2) is 37.0 Å². The number of piperidine rings is 1. The highest BCUT2D eigenvalue weighted by molar-refractivity contribution is 5.88. The second-order valence-electron chi connectivity index (χ2n) is 7.93. The Morgan fingerprint density at radius 2 is 2.00 bits per heavy atom. The van der Waals surface area contributed by atoms with Crippen LogP contribution in [0.3, 0.4) is 0 Å². The maximum absolute atomic E-state index is 12.8. The van der Waals surface area contributed by atoms with Gasteiger partial charge < -0.3 is 14.6 Å². The van der Waals surface area contributed by atoms with Crippen molar-refractivity contribution >= 4 is 29.3 Å². The minimum absolute atomic E-state index is 0. The van der Waals surface area contributed by atoms with E-state index in [4.69, 9.17) is 4.42 Å². The molecule has 1 aromatic carbocycles. The van der Waals surface area contributed by atoms with Crippen molar-refractivity contribution < 1.29 is 9.21 Å². The number of rotatable bonds is 6. The Kier molecular flexibility index (Phi) is 7.75. The van der Waals surface area contributed by atoms with Gasteiger partial charge in [-0.05, 0) is 68.0 Å². The van der Waals surface area contributed by atoms with Gasteiger partial charge in [-0.3, -0.25) is 4.79 Å². The Hall–Kier alpha value is -1.52. The van der Waals surface area contributed by atoms with Crippen molar-refractivity contribution in [3.05, 3.63) is 35.1 Å². The summed E-state index contributed by atoms with van der Waals surface area (Å²) >= 11 is 0. The second kappa shape index (κ2) is 9.61. The highest BCUT2D eigenvalue weighted by atomic mass is 35.5. The minimum Gasteiger partial charge on any atom is -0.464 e. The first-order valence-corrected chi connectivity index (χ1v) is 9.98. The van der Waals surface area contributed by atoms with E-state index in [1.807, 2.05) is 4.90 Å². The predicted octanol–water partition coefficient (Wildman–Crippen LogP) is 4.68. The number of benzene rings is 1. The lowest BCUT2D eigenvalue weighted by molar-refractivity contribution is -0.131. The molecule has 4 nitrogen and oxygen atoms in total. The number of carbonyl (C=O) groups is 1. The number of nitrogens with zero attached hydrogens (tertiary/aromatic N) is 1. The lowest BCUT2D eigenvalue weighted by atomic mass is 9.94. The normalized spacial score (nSPS) is 15.4. The Bertz CT molecular complexity index is 761. The molecule has 0 radical (unpaired) electrons. The molecule has 1 amide bonds. The fourth-order valence-electron chi connectivity index (χ4n) is 4.01. The van der Waals surface area contributed by atoms with Crippen LogP contribution in [0.25, 0.3) is 11.0 Å². The molecule has 0 atom stereocenters. The van der Waals surface area contributed by atoms with Gasteiger partial charge in [0.1, 0.15) is 5.58 Å². The van der Waals surface area contributed by atoms with E-state index in [0.29, 0.717) is 18.3 Å². The molecule has 1 aliphatic rings. The Morgan fingerprint density at radius 1 is 1.30 bits per heavy atom. The van der Waals surface area contributed by atoms with Crippen molar-refractivity contribution in [2.45, 2.75) is 52.9 Å². The van der Waals surface area contributed by atoms with Crippen LogP contribution < -0.4 is 5.32 Å². The smallest absolute Gasteiger partial charge is 0.227 e. The summed E-state index contributed by atoms with van der Waals surface area (Å²) in [5.74, 6) is 1.39. The number of hydrogen-bond acceptors (Lipinski definition) is 3. The highest BCUT2D eigenvalue weighted by Crippen LogP contribution is 2.29. The number of fused-ring (bicyclic) bond motifs is 1. The fraction of sp³-hybridized carbons (Fsp3) is 0.591. The average molecular weight is 393 g/mol. The first-order valence-electron chi connectivity index (χ1n) is 9.98. The molecule has 5 heteroatoms.